The van der Waals surface area contributed by atoms with Crippen LogP contribution in [0, 0.1) is 6.92 Å². The van der Waals surface area contributed by atoms with Gasteiger partial charge in [0, 0.05) is 5.70 Å². The largest absolute Gasteiger partial charge is 0.463 e. The zero-order valence-corrected chi connectivity index (χ0v) is 17.7. The van der Waals surface area contributed by atoms with Crippen LogP contribution in [0.1, 0.15) is 50.3 Å². The van der Waals surface area contributed by atoms with Crippen LogP contribution in [-0.2, 0) is 9.53 Å². The summed E-state index contributed by atoms with van der Waals surface area (Å²) < 4.78 is 11.2. The number of esters is 1. The van der Waals surface area contributed by atoms with E-state index in [1.54, 1.807) is 6.92 Å². The third kappa shape index (κ3) is 5.20. The lowest BCUT2D eigenvalue weighted by molar-refractivity contribution is -0.139. The van der Waals surface area contributed by atoms with Crippen molar-refractivity contribution < 1.29 is 19.1 Å². The highest BCUT2D eigenvalue weighted by atomic mass is 16.5. The van der Waals surface area contributed by atoms with Gasteiger partial charge in [-0.05, 0) is 56.5 Å². The summed E-state index contributed by atoms with van der Waals surface area (Å²) >= 11 is 0. The second-order valence-electron chi connectivity index (χ2n) is 7.23. The maximum Gasteiger partial charge on any atom is 0.338 e. The fourth-order valence-corrected chi connectivity index (χ4v) is 3.34. The van der Waals surface area contributed by atoms with Crippen LogP contribution in [0.5, 0.6) is 11.5 Å². The molecule has 0 saturated carbocycles. The summed E-state index contributed by atoms with van der Waals surface area (Å²) in [5, 5.41) is 5.65. The molecule has 1 heterocycles. The molecule has 0 bridgehead atoms. The Kier molecular flexibility index (Phi) is 7.12. The summed E-state index contributed by atoms with van der Waals surface area (Å²) in [7, 11) is 0. The molecule has 3 rings (SSSR count). The molecule has 2 amide bonds. The van der Waals surface area contributed by atoms with Crippen LogP contribution in [0.15, 0.2) is 59.8 Å². The monoisotopic (exact) mass is 408 g/mol. The summed E-state index contributed by atoms with van der Waals surface area (Å²) in [5.74, 6) is 1.01. The van der Waals surface area contributed by atoms with Gasteiger partial charge in [-0.25, -0.2) is 9.59 Å². The highest BCUT2D eigenvalue weighted by molar-refractivity contribution is 5.95. The van der Waals surface area contributed by atoms with Crippen molar-refractivity contribution in [3.05, 3.63) is 70.9 Å². The number of ether oxygens (including phenoxy) is 2. The second-order valence-corrected chi connectivity index (χ2v) is 7.23. The molecule has 6 heteroatoms. The molecule has 2 aromatic carbocycles. The number of carbonyl (C=O) groups is 2. The number of unbranched alkanes of at least 4 members (excludes halogenated alkanes) is 1. The molecule has 0 spiro atoms. The molecule has 0 radical (unpaired) electrons. The van der Waals surface area contributed by atoms with Crippen molar-refractivity contribution in [2.24, 2.45) is 0 Å². The predicted molar refractivity (Wildman–Crippen MR) is 115 cm³/mol. The van der Waals surface area contributed by atoms with Crippen molar-refractivity contribution in [3.63, 3.8) is 0 Å². The first-order valence-corrected chi connectivity index (χ1v) is 10.3. The molecule has 1 atom stereocenters. The number of hydrogen-bond donors (Lipinski definition) is 2. The van der Waals surface area contributed by atoms with Gasteiger partial charge in [0.25, 0.3) is 0 Å². The first-order chi connectivity index (χ1) is 14.5. The molecule has 0 aromatic heterocycles. The standard InChI is InChI=1S/C24H28N2O4/c1-4-6-7-20-21(23(27)29-5-2)22(26-24(28)25-20)17-10-14-19(15-11-17)30-18-12-8-16(3)9-13-18/h8-15,22H,4-7H2,1-3H3,(H2,25,26,28). The summed E-state index contributed by atoms with van der Waals surface area (Å²) in [6, 6.07) is 14.3. The van der Waals surface area contributed by atoms with E-state index < -0.39 is 12.0 Å². The molecule has 1 unspecified atom stereocenters. The maximum absolute atomic E-state index is 12.7. The van der Waals surface area contributed by atoms with Crippen molar-refractivity contribution in [2.45, 2.75) is 46.1 Å². The van der Waals surface area contributed by atoms with Crippen molar-refractivity contribution in [1.29, 1.82) is 0 Å². The van der Waals surface area contributed by atoms with E-state index in [1.165, 1.54) is 0 Å². The van der Waals surface area contributed by atoms with Gasteiger partial charge in [-0.3, -0.25) is 0 Å². The van der Waals surface area contributed by atoms with Crippen LogP contribution in [-0.4, -0.2) is 18.6 Å². The van der Waals surface area contributed by atoms with Crippen LogP contribution in [0.2, 0.25) is 0 Å². The molecular weight excluding hydrogens is 380 g/mol. The van der Waals surface area contributed by atoms with E-state index in [4.69, 9.17) is 9.47 Å². The third-order valence-corrected chi connectivity index (χ3v) is 4.90. The Morgan fingerprint density at radius 2 is 1.63 bits per heavy atom. The van der Waals surface area contributed by atoms with Gasteiger partial charge in [0.15, 0.2) is 0 Å². The first kappa shape index (κ1) is 21.4. The summed E-state index contributed by atoms with van der Waals surface area (Å²) in [6.07, 6.45) is 2.44. The van der Waals surface area contributed by atoms with Crippen molar-refractivity contribution >= 4 is 12.0 Å². The van der Waals surface area contributed by atoms with Crippen LogP contribution in [0.25, 0.3) is 0 Å². The number of hydrogen-bond acceptors (Lipinski definition) is 4. The Labute approximate surface area is 177 Å². The van der Waals surface area contributed by atoms with Gasteiger partial charge in [-0.1, -0.05) is 43.2 Å². The fourth-order valence-electron chi connectivity index (χ4n) is 3.34. The Morgan fingerprint density at radius 3 is 2.23 bits per heavy atom. The Bertz CT molecular complexity index is 917. The van der Waals surface area contributed by atoms with Gasteiger partial charge < -0.3 is 20.1 Å². The van der Waals surface area contributed by atoms with Crippen molar-refractivity contribution in [1.82, 2.24) is 10.6 Å². The Balaban J connectivity index is 1.87. The number of urea groups is 1. The van der Waals surface area contributed by atoms with Gasteiger partial charge >= 0.3 is 12.0 Å². The average molecular weight is 408 g/mol. The summed E-state index contributed by atoms with van der Waals surface area (Å²) in [5.41, 5.74) is 3.04. The van der Waals surface area contributed by atoms with Crippen molar-refractivity contribution in [2.75, 3.05) is 6.61 Å². The second kappa shape index (κ2) is 9.96. The van der Waals surface area contributed by atoms with E-state index in [-0.39, 0.29) is 12.6 Å². The highest BCUT2D eigenvalue weighted by Gasteiger charge is 2.33. The minimum Gasteiger partial charge on any atom is -0.463 e. The van der Waals surface area contributed by atoms with Crippen LogP contribution < -0.4 is 15.4 Å². The minimum atomic E-state index is -0.571. The quantitative estimate of drug-likeness (QED) is 0.592. The highest BCUT2D eigenvalue weighted by Crippen LogP contribution is 2.31. The number of allylic oxidation sites excluding steroid dienone is 1. The lowest BCUT2D eigenvalue weighted by Crippen LogP contribution is -2.46. The number of benzene rings is 2. The van der Waals surface area contributed by atoms with Gasteiger partial charge in [-0.15, -0.1) is 0 Å². The molecule has 0 fully saturated rings. The van der Waals surface area contributed by atoms with Gasteiger partial charge in [0.2, 0.25) is 0 Å². The smallest absolute Gasteiger partial charge is 0.338 e. The van der Waals surface area contributed by atoms with Crippen LogP contribution >= 0.6 is 0 Å². The zero-order chi connectivity index (χ0) is 21.5. The van der Waals surface area contributed by atoms with Gasteiger partial charge in [0.1, 0.15) is 11.5 Å². The molecular formula is C24H28N2O4. The Hall–Kier alpha value is -3.28. The van der Waals surface area contributed by atoms with E-state index in [9.17, 15) is 9.59 Å². The molecule has 30 heavy (non-hydrogen) atoms. The molecule has 2 N–H and O–H groups in total. The predicted octanol–water partition coefficient (Wildman–Crippen LogP) is 5.15. The van der Waals surface area contributed by atoms with Crippen LogP contribution in [0.4, 0.5) is 4.79 Å². The summed E-state index contributed by atoms with van der Waals surface area (Å²) in [4.78, 5) is 25.0. The summed E-state index contributed by atoms with van der Waals surface area (Å²) in [6.45, 7) is 6.13. The molecule has 1 aliphatic rings. The van der Waals surface area contributed by atoms with Crippen molar-refractivity contribution in [3.8, 4) is 11.5 Å². The normalized spacial score (nSPS) is 16.0. The van der Waals surface area contributed by atoms with E-state index in [1.807, 2.05) is 55.5 Å². The Morgan fingerprint density at radius 1 is 1.00 bits per heavy atom. The molecule has 0 aliphatic carbocycles. The first-order valence-electron chi connectivity index (χ1n) is 10.3. The average Bonchev–Trinajstić information content (AvgIpc) is 2.74. The lowest BCUT2D eigenvalue weighted by atomic mass is 9.93. The number of rotatable bonds is 8. The van der Waals surface area contributed by atoms with E-state index in [0.29, 0.717) is 23.4 Å². The number of aryl methyl sites for hydroxylation is 1. The third-order valence-electron chi connectivity index (χ3n) is 4.90. The molecule has 1 aliphatic heterocycles. The van der Waals surface area contributed by atoms with E-state index in [0.717, 1.165) is 29.7 Å². The van der Waals surface area contributed by atoms with Crippen LogP contribution in [0.3, 0.4) is 0 Å². The SMILES string of the molecule is CCCCC1=C(C(=O)OCC)C(c2ccc(Oc3ccc(C)cc3)cc2)NC(=O)N1. The number of carbonyl (C=O) groups excluding carboxylic acids is 2. The topological polar surface area (TPSA) is 76.7 Å². The number of nitrogens with one attached hydrogen (secondary N) is 2. The molecule has 158 valence electrons. The maximum atomic E-state index is 12.7. The van der Waals surface area contributed by atoms with Gasteiger partial charge in [0.05, 0.1) is 18.2 Å². The lowest BCUT2D eigenvalue weighted by Gasteiger charge is -2.29. The number of amides is 2. The molecule has 6 nitrogen and oxygen atoms in total. The molecule has 2 aromatic rings. The zero-order valence-electron chi connectivity index (χ0n) is 17.7. The minimum absolute atomic E-state index is 0.271. The van der Waals surface area contributed by atoms with Gasteiger partial charge in [-0.2, -0.15) is 0 Å². The fraction of sp³-hybridized carbons (Fsp3) is 0.333. The molecule has 0 saturated heterocycles. The van der Waals surface area contributed by atoms with E-state index in [2.05, 4.69) is 17.6 Å². The van der Waals surface area contributed by atoms with E-state index >= 15 is 0 Å².